The number of ketones is 2. The molecule has 0 radical (unpaired) electrons. The molecule has 4 aromatic rings. The van der Waals surface area contributed by atoms with E-state index in [1.54, 1.807) is 98.2 Å². The molecule has 37 nitrogen and oxygen atoms in total. The van der Waals surface area contributed by atoms with Crippen LogP contribution in [0.4, 0.5) is 25.8 Å². The van der Waals surface area contributed by atoms with Gasteiger partial charge in [0.15, 0.2) is 30.0 Å². The number of hydrogen-bond acceptors (Lipinski definition) is 34. The second-order valence-electron chi connectivity index (χ2n) is 40.6. The number of carboxylic acids is 1. The number of amides is 1. The minimum absolute atomic E-state index is 0.0134. The Labute approximate surface area is 811 Å². The van der Waals surface area contributed by atoms with Crippen LogP contribution in [-0.2, 0) is 66.5 Å². The number of cyclic esters (lactones) is 1. The number of pyridine rings is 1. The topological polar surface area (TPSA) is 504 Å². The van der Waals surface area contributed by atoms with Crippen molar-refractivity contribution in [3.05, 3.63) is 86.4 Å². The molecule has 6 fully saturated rings. The monoisotopic (exact) mass is 1960 g/mol. The maximum atomic E-state index is 15.6. The molecule has 5 saturated heterocycles. The van der Waals surface area contributed by atoms with Crippen molar-refractivity contribution in [2.45, 2.75) is 310 Å². The summed E-state index contributed by atoms with van der Waals surface area (Å²) in [6.07, 6.45) is -1.26. The van der Waals surface area contributed by atoms with Gasteiger partial charge in [-0.2, -0.15) is 5.10 Å². The second-order valence-corrected chi connectivity index (χ2v) is 40.6. The Bertz CT molecular complexity index is 5290. The third-order valence-electron chi connectivity index (χ3n) is 29.5. The molecule has 1 saturated carbocycles. The number of halogens is 2. The number of phenolic OH excluding ortho intramolecular Hbond substituents is 3. The maximum Gasteiger partial charge on any atom is 0.341 e. The standard InChI is InChI=1S/C43H58N4O12.C38H69NO13.C19H22F2N4O3/c1-21-12-11-13-22(2)42(55)45-33-28(20-44-47-17-15-46(9)16-18-47)37(52)30-31(38(33)53)36(51)26(6)40-32(30)41(54)43(8,59-40)57-19-14-29(56-10)23(3)39(58-27(7)48)25(5)35(50)24(4)34(21)49;1-15-26-38(10,45)31(42)21(4)28(40)19(2)17-37(9,47-14)33(52-35-29(41)25(39(11)12)16-20(3)48-35)22(5)30(23(6)34(44)50-26)51-27-18-36(8,46-13)32(43)24(7)49-27;1-8-5-24(6-9(2)23-8)17-13(20)15(22)12-16(14(17)21)25(10-3-4-10)7-11(18(12)26)19(27)28/h11-14,19-21,23-25,29,34-35,39,49-53H,15-18H2,1-10H3,(H,45,55);19-27,29-33,35,41-43,45H,15-18H2,1-14H3;7-10,23H,3-6,22H2,1-2H3,(H,27,28)/b12-11+,19-14+,22-13-,44-20+;;/t21-,23-,24-,25+,29+,34-,35+,39-,43+;19-,20-,21+,22+,23-,24+,25+,26-,27+,29-,30+,31-,32+,33-,35+,36-,37-,38-;8-,9+/m11./s1. The number of aromatic hydroxyl groups is 3. The van der Waals surface area contributed by atoms with E-state index < -0.39 is 230 Å². The molecule has 139 heavy (non-hydrogen) atoms. The number of nitrogens with one attached hydrogen (secondary N) is 2. The first-order valence-electron chi connectivity index (χ1n) is 48.0. The first-order chi connectivity index (χ1) is 64.9. The summed E-state index contributed by atoms with van der Waals surface area (Å²) in [5.74, 6) is -16.2. The summed E-state index contributed by atoms with van der Waals surface area (Å²) >= 11 is 0. The Morgan fingerprint density at radius 2 is 1.37 bits per heavy atom. The molecule has 1 aliphatic carbocycles. The molecular formula is C100H149F2N9O28. The molecule has 39 heteroatoms. The molecule has 29 atom stereocenters. The van der Waals surface area contributed by atoms with Crippen LogP contribution in [-0.4, -0.2) is 320 Å². The summed E-state index contributed by atoms with van der Waals surface area (Å²) in [7, 11) is 10.2. The number of nitrogens with two attached hydrogens (primary N) is 1. The number of nitrogen functional groups attached to an aromatic ring is 1. The number of carbonyl (C=O) groups excluding carboxylic acids is 5. The number of fused-ring (bicyclic) bond motifs is 15. The number of phenols is 3. The third-order valence-corrected chi connectivity index (χ3v) is 29.5. The fourth-order valence-electron chi connectivity index (χ4n) is 20.6. The number of carboxylic acid groups (broad SMARTS) is 1. The number of rotatable bonds is 15. The predicted octanol–water partition coefficient (Wildman–Crippen LogP) is 8.86. The van der Waals surface area contributed by atoms with Gasteiger partial charge in [0.05, 0.1) is 117 Å². The molecule has 1 amide bonds. The molecule has 5 bridgehead atoms. The number of anilines is 3. The molecule has 0 spiro atoms. The minimum atomic E-state index is -2.04. The van der Waals surface area contributed by atoms with E-state index in [4.69, 9.17) is 57.8 Å². The molecular weight excluding hydrogens is 1810 g/mol. The number of aliphatic hydroxyl groups is 6. The highest BCUT2D eigenvalue weighted by molar-refractivity contribution is 6.24. The van der Waals surface area contributed by atoms with Gasteiger partial charge in [-0.3, -0.25) is 33.8 Å². The summed E-state index contributed by atoms with van der Waals surface area (Å²) in [5.41, 5.74) is -1.06. The number of aromatic nitrogens is 1. The van der Waals surface area contributed by atoms with Crippen molar-refractivity contribution in [1.82, 2.24) is 24.7 Å². The number of hydrazone groups is 1. The fourth-order valence-corrected chi connectivity index (χ4v) is 20.6. The van der Waals surface area contributed by atoms with Crippen LogP contribution in [0.1, 0.15) is 208 Å². The number of piperazine rings is 2. The first kappa shape index (κ1) is 112. The lowest BCUT2D eigenvalue weighted by Crippen LogP contribution is -2.61. The number of nitrogens with zero attached hydrogens (tertiary/aromatic N) is 6. The SMILES string of the molecule is CC[C@H]1OC(=O)[C@H](C)[C@@H](O[C@H]2C[C@@](C)(OC)[C@@H](O)[C@H](C)O2)[C@H](C)[C@@H](O[C@@H]2O[C@H](C)C[C@H](N(C)C)[C@H]2O)[C@](C)(OC)C[C@@H](C)C(=O)[C@H](C)[C@@H](O)[C@]1(C)O.CO[C@H]1/C=C/O[C@@]2(C)Oc3c(C)c(O)c4c(O)c(c(/C=N/N5CCN(C)CC5)c(O)c4c3C2=O)NC(=O)/C(C)=C\C=C\[C@@H](C)[C@@H](O)[C@@H](C)[C@H](O)[C@H](C)[C@H](OC(C)=O)[C@@H]1C.C[C@@H]1CN(c2c(F)c(N)c3c(=O)c(C(=O)O)cn(C4CC4)c3c2F)C[C@H](C)N1. The largest absolute Gasteiger partial charge is 0.507 e. The second kappa shape index (κ2) is 45.2. The van der Waals surface area contributed by atoms with Crippen LogP contribution < -0.4 is 31.4 Å². The highest BCUT2D eigenvalue weighted by Gasteiger charge is 2.56. The maximum absolute atomic E-state index is 15.6. The molecule has 8 aliphatic heterocycles. The van der Waals surface area contributed by atoms with Gasteiger partial charge in [-0.1, -0.05) is 73.6 Å². The zero-order chi connectivity index (χ0) is 104. The highest BCUT2D eigenvalue weighted by Crippen LogP contribution is 2.56. The van der Waals surface area contributed by atoms with Gasteiger partial charge >= 0.3 is 23.7 Å². The smallest absolute Gasteiger partial charge is 0.341 e. The average molecular weight is 1960 g/mol. The summed E-state index contributed by atoms with van der Waals surface area (Å²) in [4.78, 5) is 98.4. The lowest BCUT2D eigenvalue weighted by molar-refractivity contribution is -0.319. The summed E-state index contributed by atoms with van der Waals surface area (Å²) in [5, 5.41) is 125. The van der Waals surface area contributed by atoms with E-state index in [0.717, 1.165) is 32.1 Å². The number of ether oxygens (including phenoxy) is 11. The number of benzene rings is 3. The van der Waals surface area contributed by atoms with Crippen molar-refractivity contribution in [1.29, 1.82) is 0 Å². The Hall–Kier alpha value is -9.14. The Morgan fingerprint density at radius 3 is 1.94 bits per heavy atom. The molecule has 14 N–H and O–H groups in total. The lowest BCUT2D eigenvalue weighted by atomic mass is 9.74. The van der Waals surface area contributed by atoms with Gasteiger partial charge < -0.3 is 139 Å². The number of allylic oxidation sites excluding steroid dienone is 2. The van der Waals surface area contributed by atoms with E-state index in [0.29, 0.717) is 32.6 Å². The van der Waals surface area contributed by atoms with Gasteiger partial charge in [0.2, 0.25) is 5.43 Å². The molecule has 9 aliphatic rings. The van der Waals surface area contributed by atoms with Gasteiger partial charge in [-0.25, -0.2) is 13.6 Å². The average Bonchev–Trinajstić information content (AvgIpc) is 1.56. The van der Waals surface area contributed by atoms with Crippen LogP contribution in [0.5, 0.6) is 23.0 Å². The lowest BCUT2D eigenvalue weighted by Gasteiger charge is -2.50. The van der Waals surface area contributed by atoms with Crippen LogP contribution in [0, 0.1) is 65.9 Å². The molecule has 0 unspecified atom stereocenters. The van der Waals surface area contributed by atoms with Crippen molar-refractivity contribution < 1.29 is 141 Å². The number of carbonyl (C=O) groups is 6. The van der Waals surface area contributed by atoms with Crippen molar-refractivity contribution in [3.8, 4) is 23.0 Å². The number of aliphatic hydroxyl groups excluding tert-OH is 5. The van der Waals surface area contributed by atoms with Crippen molar-refractivity contribution >= 4 is 80.3 Å². The van der Waals surface area contributed by atoms with Gasteiger partial charge in [0.1, 0.15) is 64.3 Å². The van der Waals surface area contributed by atoms with E-state index >= 15 is 8.78 Å². The third kappa shape index (κ3) is 23.5. The zero-order valence-corrected chi connectivity index (χ0v) is 84.9. The molecule has 3 aromatic carbocycles. The summed E-state index contributed by atoms with van der Waals surface area (Å²) in [6.45, 7) is 36.7. The van der Waals surface area contributed by atoms with Crippen LogP contribution in [0.3, 0.4) is 0 Å². The first-order valence-corrected chi connectivity index (χ1v) is 48.0. The van der Waals surface area contributed by atoms with Crippen LogP contribution in [0.2, 0.25) is 0 Å². The van der Waals surface area contributed by atoms with Crippen molar-refractivity contribution in [2.75, 3.05) is 97.7 Å². The van der Waals surface area contributed by atoms with E-state index in [-0.39, 0.29) is 111 Å². The number of methoxy groups -OCH3 is 3. The number of Topliss-reactive ketones (excluding diaryl/α,β-unsaturated/α-hetero) is 2. The summed E-state index contributed by atoms with van der Waals surface area (Å²) < 4.78 is 99.7. The van der Waals surface area contributed by atoms with Gasteiger partial charge in [0, 0.05) is 169 Å². The van der Waals surface area contributed by atoms with E-state index in [9.17, 15) is 84.6 Å². The molecule has 776 valence electrons. The fraction of sp³-hybridized carbons (Fsp3) is 0.680. The Kier molecular flexibility index (Phi) is 36.4. The van der Waals surface area contributed by atoms with Gasteiger partial charge in [0.25, 0.3) is 11.7 Å². The van der Waals surface area contributed by atoms with Crippen LogP contribution in [0.25, 0.3) is 21.7 Å². The van der Waals surface area contributed by atoms with E-state index in [2.05, 4.69) is 20.6 Å². The normalized spacial score (nSPS) is 36.5. The Balaban J connectivity index is 0.000000227. The molecule has 1 aromatic heterocycles. The minimum Gasteiger partial charge on any atom is -0.507 e. The predicted molar refractivity (Wildman–Crippen MR) is 514 cm³/mol. The van der Waals surface area contributed by atoms with Gasteiger partial charge in [-0.15, -0.1) is 0 Å². The Morgan fingerprint density at radius 1 is 0.741 bits per heavy atom. The van der Waals surface area contributed by atoms with Crippen LogP contribution >= 0.6 is 0 Å². The summed E-state index contributed by atoms with van der Waals surface area (Å²) in [6, 6.07) is -0.387. The van der Waals surface area contributed by atoms with Crippen molar-refractivity contribution in [2.24, 2.45) is 52.4 Å². The van der Waals surface area contributed by atoms with Crippen LogP contribution in [0.15, 0.2) is 52.2 Å². The number of hydrogen-bond donors (Lipinski definition) is 13. The number of likely N-dealkylation sites (N-methyl/N-ethyl adjacent to an activating group) is 2. The number of esters is 2. The van der Waals surface area contributed by atoms with E-state index in [1.165, 1.54) is 85.1 Å². The molecule has 9 heterocycles. The zero-order valence-electron chi connectivity index (χ0n) is 84.9. The van der Waals surface area contributed by atoms with Crippen molar-refractivity contribution in [3.63, 3.8) is 0 Å². The molecule has 13 rings (SSSR count). The quantitative estimate of drug-likeness (QED) is 0.0174. The highest BCUT2D eigenvalue weighted by atomic mass is 19.1. The van der Waals surface area contributed by atoms with E-state index in [1.807, 2.05) is 53.7 Å². The number of aromatic carboxylic acids is 1. The van der Waals surface area contributed by atoms with Gasteiger partial charge in [-0.05, 0) is 129 Å².